The van der Waals surface area contributed by atoms with Crippen molar-refractivity contribution in [2.75, 3.05) is 13.1 Å². The molecular weight excluding hydrogens is 255 g/mol. The van der Waals surface area contributed by atoms with Gasteiger partial charge in [0.15, 0.2) is 0 Å². The van der Waals surface area contributed by atoms with Gasteiger partial charge < -0.3 is 10.4 Å². The maximum Gasteiger partial charge on any atom is 0.131 e. The van der Waals surface area contributed by atoms with Crippen molar-refractivity contribution in [2.24, 2.45) is 0 Å². The maximum absolute atomic E-state index is 14.0. The van der Waals surface area contributed by atoms with E-state index in [0.717, 1.165) is 13.1 Å². The van der Waals surface area contributed by atoms with E-state index in [0.29, 0.717) is 17.6 Å². The van der Waals surface area contributed by atoms with Gasteiger partial charge in [-0.1, -0.05) is 6.07 Å². The number of phenolic OH excluding ortho intramolecular Hbond substituents is 1. The van der Waals surface area contributed by atoms with Crippen LogP contribution in [-0.2, 0) is 0 Å². The lowest BCUT2D eigenvalue weighted by Gasteiger charge is -2.35. The fraction of sp³-hybridized carbons (Fsp3) is 0.625. The molecule has 1 saturated heterocycles. The molecule has 2 rings (SSSR count). The van der Waals surface area contributed by atoms with Gasteiger partial charge in [-0.15, -0.1) is 0 Å². The molecule has 3 nitrogen and oxygen atoms in total. The molecule has 0 bridgehead atoms. The highest BCUT2D eigenvalue weighted by molar-refractivity contribution is 5.29. The van der Waals surface area contributed by atoms with Crippen LogP contribution < -0.4 is 5.32 Å². The number of hydrogen-bond acceptors (Lipinski definition) is 3. The van der Waals surface area contributed by atoms with Crippen molar-refractivity contribution in [3.63, 3.8) is 0 Å². The number of benzene rings is 1. The summed E-state index contributed by atoms with van der Waals surface area (Å²) in [7, 11) is 0. The predicted molar refractivity (Wildman–Crippen MR) is 79.3 cm³/mol. The second-order valence-electron chi connectivity index (χ2n) is 5.97. The highest BCUT2D eigenvalue weighted by Crippen LogP contribution is 2.28. The first-order valence-corrected chi connectivity index (χ1v) is 7.46. The van der Waals surface area contributed by atoms with Crippen LogP contribution in [0.3, 0.4) is 0 Å². The van der Waals surface area contributed by atoms with Gasteiger partial charge in [-0.25, -0.2) is 4.39 Å². The van der Waals surface area contributed by atoms with Gasteiger partial charge >= 0.3 is 0 Å². The summed E-state index contributed by atoms with van der Waals surface area (Å²) >= 11 is 0. The summed E-state index contributed by atoms with van der Waals surface area (Å²) in [4.78, 5) is 2.32. The van der Waals surface area contributed by atoms with E-state index >= 15 is 0 Å². The lowest BCUT2D eigenvalue weighted by Crippen LogP contribution is -2.42. The lowest BCUT2D eigenvalue weighted by atomic mass is 10.0. The number of nitrogens with zero attached hydrogens (tertiary/aromatic N) is 1. The van der Waals surface area contributed by atoms with E-state index < -0.39 is 0 Å². The normalized spacial score (nSPS) is 20.8. The third-order valence-corrected chi connectivity index (χ3v) is 4.19. The summed E-state index contributed by atoms with van der Waals surface area (Å²) in [5.74, 6) is -0.352. The summed E-state index contributed by atoms with van der Waals surface area (Å²) in [6, 6.07) is 5.28. The summed E-state index contributed by atoms with van der Waals surface area (Å²) in [6.07, 6.45) is 2.41. The molecule has 0 spiro atoms. The van der Waals surface area contributed by atoms with Gasteiger partial charge in [0, 0.05) is 36.3 Å². The molecule has 1 aliphatic rings. The molecule has 0 saturated carbocycles. The predicted octanol–water partition coefficient (Wildman–Crippen LogP) is 3.05. The van der Waals surface area contributed by atoms with Gasteiger partial charge in [-0.05, 0) is 46.2 Å². The molecule has 1 aromatic rings. The summed E-state index contributed by atoms with van der Waals surface area (Å²) < 4.78 is 14.0. The van der Waals surface area contributed by atoms with Crippen LogP contribution in [0, 0.1) is 5.82 Å². The molecule has 2 N–H and O–H groups in total. The molecular formula is C16H25FN2O. The van der Waals surface area contributed by atoms with Crippen LogP contribution in [0.2, 0.25) is 0 Å². The number of nitrogens with one attached hydrogen (secondary N) is 1. The van der Waals surface area contributed by atoms with Crippen molar-refractivity contribution >= 4 is 0 Å². The molecule has 1 fully saturated rings. The van der Waals surface area contributed by atoms with Gasteiger partial charge in [0.1, 0.15) is 11.6 Å². The fourth-order valence-corrected chi connectivity index (χ4v) is 3.02. The van der Waals surface area contributed by atoms with Gasteiger partial charge in [0.05, 0.1) is 0 Å². The Morgan fingerprint density at radius 3 is 2.70 bits per heavy atom. The van der Waals surface area contributed by atoms with Crippen LogP contribution in [-0.4, -0.2) is 35.2 Å². The smallest absolute Gasteiger partial charge is 0.131 e. The van der Waals surface area contributed by atoms with E-state index in [-0.39, 0.29) is 17.6 Å². The SMILES string of the molecule is CC(C)N(CC1CCCN1)C(C)c1ccc(O)cc1F. The highest BCUT2D eigenvalue weighted by Gasteiger charge is 2.25. The number of hydrogen-bond donors (Lipinski definition) is 2. The molecule has 1 heterocycles. The highest BCUT2D eigenvalue weighted by atomic mass is 19.1. The minimum atomic E-state index is -0.331. The summed E-state index contributed by atoms with van der Waals surface area (Å²) in [5.41, 5.74) is 0.648. The third kappa shape index (κ3) is 3.49. The van der Waals surface area contributed by atoms with E-state index in [1.54, 1.807) is 12.1 Å². The van der Waals surface area contributed by atoms with E-state index in [9.17, 15) is 9.50 Å². The van der Waals surface area contributed by atoms with Crippen LogP contribution in [0.4, 0.5) is 4.39 Å². The zero-order valence-electron chi connectivity index (χ0n) is 12.6. The van der Waals surface area contributed by atoms with Gasteiger partial charge in [0.2, 0.25) is 0 Å². The minimum Gasteiger partial charge on any atom is -0.508 e. The Bertz CT molecular complexity index is 444. The maximum atomic E-state index is 14.0. The van der Waals surface area contributed by atoms with Gasteiger partial charge in [-0.3, -0.25) is 4.90 Å². The first-order valence-electron chi connectivity index (χ1n) is 7.46. The minimum absolute atomic E-state index is 0.00185. The van der Waals surface area contributed by atoms with Crippen LogP contribution in [0.1, 0.15) is 45.2 Å². The standard InChI is InChI=1S/C16H25FN2O/c1-11(2)19(10-13-5-4-8-18-13)12(3)15-7-6-14(20)9-16(15)17/h6-7,9,11-13,18,20H,4-5,8,10H2,1-3H3. The molecule has 0 aromatic heterocycles. The Labute approximate surface area is 120 Å². The van der Waals surface area contributed by atoms with E-state index in [1.807, 2.05) is 6.92 Å². The number of aromatic hydroxyl groups is 1. The zero-order valence-corrected chi connectivity index (χ0v) is 12.6. The fourth-order valence-electron chi connectivity index (χ4n) is 3.02. The van der Waals surface area contributed by atoms with Crippen molar-refractivity contribution in [3.05, 3.63) is 29.6 Å². The van der Waals surface area contributed by atoms with E-state index in [1.165, 1.54) is 18.9 Å². The van der Waals surface area contributed by atoms with Gasteiger partial charge in [-0.2, -0.15) is 0 Å². The number of rotatable bonds is 5. The average molecular weight is 280 g/mol. The molecule has 1 aliphatic heterocycles. The van der Waals surface area contributed by atoms with Crippen molar-refractivity contribution in [2.45, 2.75) is 51.7 Å². The molecule has 2 unspecified atom stereocenters. The van der Waals surface area contributed by atoms with Crippen molar-refractivity contribution < 1.29 is 9.50 Å². The second-order valence-corrected chi connectivity index (χ2v) is 5.97. The van der Waals surface area contributed by atoms with E-state index in [2.05, 4.69) is 24.1 Å². The monoisotopic (exact) mass is 280 g/mol. The molecule has 2 atom stereocenters. The van der Waals surface area contributed by atoms with E-state index in [4.69, 9.17) is 0 Å². The summed E-state index contributed by atoms with van der Waals surface area (Å²) in [6.45, 7) is 8.33. The summed E-state index contributed by atoms with van der Waals surface area (Å²) in [5, 5.41) is 12.8. The molecule has 20 heavy (non-hydrogen) atoms. The molecule has 1 aromatic carbocycles. The van der Waals surface area contributed by atoms with Crippen molar-refractivity contribution in [1.82, 2.24) is 10.2 Å². The molecule has 0 amide bonds. The quantitative estimate of drug-likeness (QED) is 0.870. The molecule has 4 heteroatoms. The molecule has 0 aliphatic carbocycles. The first-order chi connectivity index (χ1) is 9.49. The number of phenols is 1. The molecule has 0 radical (unpaired) electrons. The Kier molecular flexibility index (Phi) is 5.00. The second kappa shape index (κ2) is 6.55. The topological polar surface area (TPSA) is 35.5 Å². The van der Waals surface area contributed by atoms with Crippen molar-refractivity contribution in [3.8, 4) is 5.75 Å². The Morgan fingerprint density at radius 2 is 2.15 bits per heavy atom. The van der Waals surface area contributed by atoms with Crippen molar-refractivity contribution in [1.29, 1.82) is 0 Å². The first kappa shape index (κ1) is 15.3. The zero-order chi connectivity index (χ0) is 14.7. The lowest BCUT2D eigenvalue weighted by molar-refractivity contribution is 0.147. The Balaban J connectivity index is 2.14. The van der Waals surface area contributed by atoms with Crippen LogP contribution in [0.25, 0.3) is 0 Å². The van der Waals surface area contributed by atoms with Crippen LogP contribution in [0.15, 0.2) is 18.2 Å². The number of halogens is 1. The Hall–Kier alpha value is -1.13. The van der Waals surface area contributed by atoms with Crippen LogP contribution in [0.5, 0.6) is 5.75 Å². The van der Waals surface area contributed by atoms with Gasteiger partial charge in [0.25, 0.3) is 0 Å². The molecule has 112 valence electrons. The third-order valence-electron chi connectivity index (χ3n) is 4.19. The average Bonchev–Trinajstić information content (AvgIpc) is 2.87. The Morgan fingerprint density at radius 1 is 1.40 bits per heavy atom. The van der Waals surface area contributed by atoms with Crippen LogP contribution >= 0.6 is 0 Å². The largest absolute Gasteiger partial charge is 0.508 e.